The maximum absolute atomic E-state index is 5.32. The van der Waals surface area contributed by atoms with E-state index in [1.165, 1.54) is 5.56 Å². The van der Waals surface area contributed by atoms with Gasteiger partial charge in [-0.15, -0.1) is 16.4 Å². The van der Waals surface area contributed by atoms with Gasteiger partial charge in [-0.3, -0.25) is 0 Å². The van der Waals surface area contributed by atoms with Gasteiger partial charge in [0.05, 0.1) is 17.1 Å². The van der Waals surface area contributed by atoms with E-state index in [9.17, 15) is 0 Å². The summed E-state index contributed by atoms with van der Waals surface area (Å²) in [5, 5.41) is 14.4. The highest BCUT2D eigenvalue weighted by molar-refractivity contribution is 7.13. The highest BCUT2D eigenvalue weighted by Crippen LogP contribution is 2.26. The van der Waals surface area contributed by atoms with Crippen molar-refractivity contribution in [3.8, 4) is 22.3 Å². The second-order valence-corrected chi connectivity index (χ2v) is 6.01. The first-order chi connectivity index (χ1) is 11.3. The minimum atomic E-state index is 0.463. The summed E-state index contributed by atoms with van der Waals surface area (Å²) < 4.78 is 7.16. The first kappa shape index (κ1) is 13.8. The molecule has 6 nitrogen and oxygen atoms in total. The third-order valence-electron chi connectivity index (χ3n) is 3.53. The lowest BCUT2D eigenvalue weighted by atomic mass is 10.2. The van der Waals surface area contributed by atoms with Gasteiger partial charge < -0.3 is 4.52 Å². The Morgan fingerprint density at radius 3 is 2.78 bits per heavy atom. The number of rotatable bonds is 4. The van der Waals surface area contributed by atoms with Gasteiger partial charge in [0.25, 0.3) is 5.89 Å². The molecule has 0 bridgehead atoms. The zero-order chi connectivity index (χ0) is 15.6. The van der Waals surface area contributed by atoms with Gasteiger partial charge in [-0.05, 0) is 23.9 Å². The van der Waals surface area contributed by atoms with Crippen molar-refractivity contribution in [2.45, 2.75) is 13.5 Å². The van der Waals surface area contributed by atoms with Crippen LogP contribution in [0.3, 0.4) is 0 Å². The van der Waals surface area contributed by atoms with Crippen LogP contribution in [0.1, 0.15) is 11.3 Å². The van der Waals surface area contributed by atoms with Gasteiger partial charge in [0.1, 0.15) is 0 Å². The minimum Gasteiger partial charge on any atom is -0.333 e. The summed E-state index contributed by atoms with van der Waals surface area (Å²) in [7, 11) is 0. The van der Waals surface area contributed by atoms with E-state index in [-0.39, 0.29) is 0 Å². The zero-order valence-corrected chi connectivity index (χ0v) is 13.2. The SMILES string of the molecule is Cc1c(-c2noc(-c3cccs3)n2)nnn1Cc1ccccc1. The fraction of sp³-hybridized carbons (Fsp3) is 0.125. The van der Waals surface area contributed by atoms with Crippen molar-refractivity contribution in [2.75, 3.05) is 0 Å². The smallest absolute Gasteiger partial charge is 0.268 e. The molecule has 1 aromatic carbocycles. The summed E-state index contributed by atoms with van der Waals surface area (Å²) in [5.41, 5.74) is 2.72. The average Bonchev–Trinajstić information content (AvgIpc) is 3.30. The van der Waals surface area contributed by atoms with E-state index in [0.29, 0.717) is 24.0 Å². The lowest BCUT2D eigenvalue weighted by Gasteiger charge is -2.02. The Morgan fingerprint density at radius 2 is 2.00 bits per heavy atom. The van der Waals surface area contributed by atoms with Gasteiger partial charge in [0, 0.05) is 0 Å². The summed E-state index contributed by atoms with van der Waals surface area (Å²) >= 11 is 1.56. The maximum atomic E-state index is 5.32. The molecule has 114 valence electrons. The van der Waals surface area contributed by atoms with E-state index in [2.05, 4.69) is 32.6 Å². The van der Waals surface area contributed by atoms with Crippen LogP contribution in [0.2, 0.25) is 0 Å². The Balaban J connectivity index is 1.63. The summed E-state index contributed by atoms with van der Waals surface area (Å²) in [6.07, 6.45) is 0. The van der Waals surface area contributed by atoms with Crippen LogP contribution in [0.5, 0.6) is 0 Å². The topological polar surface area (TPSA) is 69.6 Å². The van der Waals surface area contributed by atoms with Crippen LogP contribution in [0.25, 0.3) is 22.3 Å². The number of hydrogen-bond donors (Lipinski definition) is 0. The van der Waals surface area contributed by atoms with E-state index in [4.69, 9.17) is 4.52 Å². The van der Waals surface area contributed by atoms with Gasteiger partial charge in [-0.2, -0.15) is 4.98 Å². The van der Waals surface area contributed by atoms with Gasteiger partial charge in [0.15, 0.2) is 5.69 Å². The molecule has 0 saturated heterocycles. The molecule has 0 aliphatic carbocycles. The number of hydrogen-bond acceptors (Lipinski definition) is 6. The lowest BCUT2D eigenvalue weighted by molar-refractivity contribution is 0.433. The monoisotopic (exact) mass is 323 g/mol. The number of aromatic nitrogens is 5. The normalized spacial score (nSPS) is 11.0. The first-order valence-electron chi connectivity index (χ1n) is 7.13. The molecule has 3 heterocycles. The fourth-order valence-electron chi connectivity index (χ4n) is 2.29. The van der Waals surface area contributed by atoms with Crippen LogP contribution in [0, 0.1) is 6.92 Å². The molecule has 0 spiro atoms. The van der Waals surface area contributed by atoms with Crippen LogP contribution in [-0.4, -0.2) is 25.1 Å². The second kappa shape index (κ2) is 5.77. The van der Waals surface area contributed by atoms with Gasteiger partial charge in [-0.25, -0.2) is 4.68 Å². The van der Waals surface area contributed by atoms with E-state index in [0.717, 1.165) is 10.6 Å². The molecule has 23 heavy (non-hydrogen) atoms. The van der Waals surface area contributed by atoms with Crippen molar-refractivity contribution >= 4 is 11.3 Å². The van der Waals surface area contributed by atoms with E-state index in [1.807, 2.05) is 47.3 Å². The predicted octanol–water partition coefficient (Wildman–Crippen LogP) is 3.41. The molecule has 4 rings (SSSR count). The predicted molar refractivity (Wildman–Crippen MR) is 86.9 cm³/mol. The standard InChI is InChI=1S/C16H13N5OS/c1-11-14(15-17-16(22-19-15)13-8-5-9-23-13)18-20-21(11)10-12-6-3-2-4-7-12/h2-9H,10H2,1H3. The molecule has 0 amide bonds. The molecule has 0 saturated carbocycles. The largest absolute Gasteiger partial charge is 0.333 e. The molecule has 0 aliphatic heterocycles. The van der Waals surface area contributed by atoms with Crippen molar-refractivity contribution in [3.05, 3.63) is 59.1 Å². The molecular weight excluding hydrogens is 310 g/mol. The summed E-state index contributed by atoms with van der Waals surface area (Å²) in [5.74, 6) is 0.970. The van der Waals surface area contributed by atoms with Crippen LogP contribution in [0.15, 0.2) is 52.4 Å². The molecular formula is C16H13N5OS. The molecule has 0 unspecified atom stereocenters. The first-order valence-corrected chi connectivity index (χ1v) is 8.01. The summed E-state index contributed by atoms with van der Waals surface area (Å²) in [4.78, 5) is 5.36. The molecule has 7 heteroatoms. The second-order valence-electron chi connectivity index (χ2n) is 5.07. The van der Waals surface area contributed by atoms with Crippen molar-refractivity contribution in [2.24, 2.45) is 0 Å². The minimum absolute atomic E-state index is 0.463. The van der Waals surface area contributed by atoms with Crippen molar-refractivity contribution in [1.82, 2.24) is 25.1 Å². The fourth-order valence-corrected chi connectivity index (χ4v) is 2.94. The molecule has 0 fully saturated rings. The quantitative estimate of drug-likeness (QED) is 0.575. The molecule has 0 radical (unpaired) electrons. The highest BCUT2D eigenvalue weighted by Gasteiger charge is 2.18. The van der Waals surface area contributed by atoms with Gasteiger partial charge >= 0.3 is 0 Å². The van der Waals surface area contributed by atoms with E-state index < -0.39 is 0 Å². The molecule has 0 atom stereocenters. The molecule has 3 aromatic heterocycles. The third-order valence-corrected chi connectivity index (χ3v) is 4.39. The van der Waals surface area contributed by atoms with E-state index >= 15 is 0 Å². The number of nitrogens with zero attached hydrogens (tertiary/aromatic N) is 5. The summed E-state index contributed by atoms with van der Waals surface area (Å²) in [6.45, 7) is 2.62. The third kappa shape index (κ3) is 2.66. The Hall–Kier alpha value is -2.80. The Kier molecular flexibility index (Phi) is 3.47. The van der Waals surface area contributed by atoms with Crippen LogP contribution in [0.4, 0.5) is 0 Å². The highest BCUT2D eigenvalue weighted by atomic mass is 32.1. The number of benzene rings is 1. The molecule has 0 aliphatic rings. The molecule has 0 N–H and O–H groups in total. The maximum Gasteiger partial charge on any atom is 0.268 e. The zero-order valence-electron chi connectivity index (χ0n) is 12.4. The van der Waals surface area contributed by atoms with Crippen LogP contribution in [-0.2, 0) is 6.54 Å². The van der Waals surface area contributed by atoms with Crippen molar-refractivity contribution < 1.29 is 4.52 Å². The van der Waals surface area contributed by atoms with E-state index in [1.54, 1.807) is 11.3 Å². The Bertz CT molecular complexity index is 911. The van der Waals surface area contributed by atoms with Crippen LogP contribution < -0.4 is 0 Å². The lowest BCUT2D eigenvalue weighted by Crippen LogP contribution is -2.03. The van der Waals surface area contributed by atoms with Gasteiger partial charge in [-0.1, -0.05) is 46.8 Å². The summed E-state index contributed by atoms with van der Waals surface area (Å²) in [6, 6.07) is 14.0. The Morgan fingerprint density at radius 1 is 1.13 bits per heavy atom. The van der Waals surface area contributed by atoms with Crippen molar-refractivity contribution in [3.63, 3.8) is 0 Å². The van der Waals surface area contributed by atoms with Crippen molar-refractivity contribution in [1.29, 1.82) is 0 Å². The Labute approximate surface area is 136 Å². The van der Waals surface area contributed by atoms with Crippen LogP contribution >= 0.6 is 11.3 Å². The molecule has 4 aromatic rings. The number of thiophene rings is 1. The average molecular weight is 323 g/mol. The van der Waals surface area contributed by atoms with Gasteiger partial charge in [0.2, 0.25) is 5.82 Å².